The van der Waals surface area contributed by atoms with Gasteiger partial charge in [-0.05, 0) is 11.6 Å². The molecule has 0 spiro atoms. The third-order valence-electron chi connectivity index (χ3n) is 5.69. The fourth-order valence-electron chi connectivity index (χ4n) is 3.50. The smallest absolute Gasteiger partial charge is 0.104 e. The molecule has 0 radical (unpaired) electrons. The molecule has 2 atom stereocenters. The van der Waals surface area contributed by atoms with Crippen LogP contribution in [-0.4, -0.2) is 37.7 Å². The Balaban J connectivity index is 0. The quantitative estimate of drug-likeness (QED) is 0.186. The van der Waals surface area contributed by atoms with Crippen LogP contribution in [0.2, 0.25) is 19.0 Å². The zero-order chi connectivity index (χ0) is 20.8. The molecule has 2 aliphatic heterocycles. The first-order chi connectivity index (χ1) is 12.9. The Bertz CT molecular complexity index is 400. The molecule has 0 aliphatic carbocycles. The van der Waals surface area contributed by atoms with E-state index in [1.54, 1.807) is 6.92 Å². The van der Waals surface area contributed by atoms with Gasteiger partial charge >= 0.3 is 0 Å². The number of nitrogens with zero attached hydrogens (tertiary/aromatic N) is 3. The summed E-state index contributed by atoms with van der Waals surface area (Å²) >= 11 is 0. The Kier molecular flexibility index (Phi) is 17.9. The summed E-state index contributed by atoms with van der Waals surface area (Å²) in [5, 5.41) is 9.18. The van der Waals surface area contributed by atoms with E-state index in [4.69, 9.17) is 4.90 Å². The Labute approximate surface area is 187 Å². The summed E-state index contributed by atoms with van der Waals surface area (Å²) in [4.78, 5) is 4.82. The van der Waals surface area contributed by atoms with Crippen LogP contribution in [0.3, 0.4) is 0 Å². The summed E-state index contributed by atoms with van der Waals surface area (Å²) in [5.41, 5.74) is 0.229. The number of piperidine rings is 1. The molecule has 0 aromatic heterocycles. The Hall–Kier alpha value is -0.112. The van der Waals surface area contributed by atoms with Gasteiger partial charge in [-0.2, -0.15) is 25.9 Å². The summed E-state index contributed by atoms with van der Waals surface area (Å²) in [7, 11) is 0. The Morgan fingerprint density at radius 2 is 1.64 bits per heavy atom. The van der Waals surface area contributed by atoms with Gasteiger partial charge in [-0.3, -0.25) is 0 Å². The van der Waals surface area contributed by atoms with E-state index < -0.39 is 6.28 Å². The molecule has 28 heavy (non-hydrogen) atoms. The van der Waals surface area contributed by atoms with Gasteiger partial charge in [-0.1, -0.05) is 73.3 Å². The summed E-state index contributed by atoms with van der Waals surface area (Å²) in [6.45, 7) is 20.5. The Morgan fingerprint density at radius 3 is 2.04 bits per heavy atom. The molecule has 0 amide bonds. The first-order valence-electron chi connectivity index (χ1n) is 11.3. The van der Waals surface area contributed by atoms with Crippen molar-refractivity contribution < 1.29 is 16.5 Å². The van der Waals surface area contributed by atoms with Crippen LogP contribution >= 0.6 is 0 Å². The third kappa shape index (κ3) is 12.5. The molecule has 2 rings (SSSR count). The number of hydrogen-bond acceptors (Lipinski definition) is 1. The molecule has 2 heterocycles. The molecule has 0 N–H and O–H groups in total. The van der Waals surface area contributed by atoms with Crippen molar-refractivity contribution in [3.05, 3.63) is 29.7 Å². The largest absolute Gasteiger partial charge is 0.660 e. The molecule has 0 bridgehead atoms. The second-order valence-electron chi connectivity index (χ2n) is 8.87. The zero-order valence-corrected chi connectivity index (χ0v) is 20.7. The van der Waals surface area contributed by atoms with Crippen LogP contribution in [-0.2, 0) is 16.5 Å². The summed E-state index contributed by atoms with van der Waals surface area (Å²) < 4.78 is 0. The van der Waals surface area contributed by atoms with Crippen LogP contribution in [0.5, 0.6) is 0 Å². The van der Waals surface area contributed by atoms with Gasteiger partial charge < -0.3 is 22.5 Å². The minimum atomic E-state index is -0.455. The van der Waals surface area contributed by atoms with Crippen LogP contribution in [0.25, 0.3) is 10.6 Å². The van der Waals surface area contributed by atoms with E-state index in [2.05, 4.69) is 77.5 Å². The van der Waals surface area contributed by atoms with Gasteiger partial charge in [-0.15, -0.1) is 31.2 Å². The van der Waals surface area contributed by atoms with Crippen molar-refractivity contribution in [1.29, 1.82) is 0 Å². The minimum Gasteiger partial charge on any atom is -0.660 e. The maximum atomic E-state index is 4.82. The van der Waals surface area contributed by atoms with Crippen molar-refractivity contribution >= 4 is 12.5 Å². The molecule has 0 saturated carbocycles. The van der Waals surface area contributed by atoms with Gasteiger partial charge in [0.25, 0.3) is 0 Å². The molecule has 2 aliphatic rings. The third-order valence-corrected chi connectivity index (χ3v) is 5.69. The van der Waals surface area contributed by atoms with Gasteiger partial charge in [0.2, 0.25) is 0 Å². The van der Waals surface area contributed by atoms with Crippen LogP contribution < -0.4 is 0 Å². The molecular weight excluding hydrogens is 388 g/mol. The van der Waals surface area contributed by atoms with Crippen molar-refractivity contribution in [2.45, 2.75) is 105 Å². The van der Waals surface area contributed by atoms with Gasteiger partial charge in [0, 0.05) is 16.5 Å². The Morgan fingerprint density at radius 1 is 1.04 bits per heavy atom. The molecule has 170 valence electrons. The molecule has 5 heteroatoms. The first-order valence-corrected chi connectivity index (χ1v) is 11.3. The van der Waals surface area contributed by atoms with Crippen molar-refractivity contribution in [2.24, 2.45) is 10.3 Å². The van der Waals surface area contributed by atoms with E-state index >= 15 is 0 Å². The number of hydrogen-bond donors (Lipinski definition) is 0. The SMILES string of the molecule is C1=CC(C2CCCC[N-]2)[N-]CC1.CC[B-](CC)(CC)N=CC(C)(C)C.[CH2-]C.[Ni]. The van der Waals surface area contributed by atoms with E-state index in [0.717, 1.165) is 19.5 Å². The maximum Gasteiger partial charge on any atom is 0.104 e. The van der Waals surface area contributed by atoms with Crippen LogP contribution in [0.15, 0.2) is 17.1 Å². The topological polar surface area (TPSA) is 40.6 Å². The molecular formula is C23H46BN3Ni-4. The molecule has 2 unspecified atom stereocenters. The molecule has 1 fully saturated rings. The molecule has 0 aromatic rings. The van der Waals surface area contributed by atoms with E-state index in [-0.39, 0.29) is 21.9 Å². The summed E-state index contributed by atoms with van der Waals surface area (Å²) in [5.74, 6) is 0. The molecule has 0 aromatic carbocycles. The second kappa shape index (κ2) is 16.7. The monoisotopic (exact) mass is 433 g/mol. The van der Waals surface area contributed by atoms with E-state index in [1.165, 1.54) is 38.2 Å². The van der Waals surface area contributed by atoms with E-state index in [9.17, 15) is 0 Å². The van der Waals surface area contributed by atoms with E-state index in [1.807, 2.05) is 0 Å². The molecule has 1 saturated heterocycles. The van der Waals surface area contributed by atoms with Gasteiger partial charge in [0.1, 0.15) is 6.28 Å². The average molecular weight is 434 g/mol. The second-order valence-corrected chi connectivity index (χ2v) is 8.87. The van der Waals surface area contributed by atoms with Crippen molar-refractivity contribution in [3.63, 3.8) is 0 Å². The first kappa shape index (κ1) is 30.1. The van der Waals surface area contributed by atoms with Crippen LogP contribution in [0.4, 0.5) is 0 Å². The van der Waals surface area contributed by atoms with Gasteiger partial charge in [0.05, 0.1) is 0 Å². The van der Waals surface area contributed by atoms with E-state index in [0.29, 0.717) is 12.1 Å². The standard InChI is InChI=1S/C11H25BN.C10H16N2.C2H5.Ni/c1-7-12(8-2,9-3)13-10-11(4,5)6;1-3-7-11-9(5-1)10-6-2-4-8-12-10;1-2;/h10H,7-9H2,1-6H3;1,5,9-10H,2-4,6-8H2;1H2,2H3;/q-1;-2;-1;. The van der Waals surface area contributed by atoms with Crippen LogP contribution in [0, 0.1) is 12.3 Å². The van der Waals surface area contributed by atoms with Crippen molar-refractivity contribution in [3.8, 4) is 0 Å². The molecule has 3 nitrogen and oxygen atoms in total. The predicted octanol–water partition coefficient (Wildman–Crippen LogP) is 7.56. The average Bonchev–Trinajstić information content (AvgIpc) is 2.72. The summed E-state index contributed by atoms with van der Waals surface area (Å²) in [6.07, 6.45) is 14.8. The van der Waals surface area contributed by atoms with Gasteiger partial charge in [0.15, 0.2) is 0 Å². The maximum absolute atomic E-state index is 4.82. The predicted molar refractivity (Wildman–Crippen MR) is 128 cm³/mol. The minimum absolute atomic E-state index is 0. The summed E-state index contributed by atoms with van der Waals surface area (Å²) in [6, 6.07) is 0.925. The van der Waals surface area contributed by atoms with Crippen molar-refractivity contribution in [2.75, 3.05) is 13.1 Å². The fraction of sp³-hybridized carbons (Fsp3) is 0.826. The van der Waals surface area contributed by atoms with Gasteiger partial charge in [-0.25, -0.2) is 0 Å². The van der Waals surface area contributed by atoms with Crippen LogP contribution in [0.1, 0.15) is 74.1 Å². The fourth-order valence-corrected chi connectivity index (χ4v) is 3.50. The zero-order valence-electron chi connectivity index (χ0n) is 19.7. The van der Waals surface area contributed by atoms with Crippen molar-refractivity contribution in [1.82, 2.24) is 0 Å². The normalized spacial score (nSPS) is 22.4. The number of rotatable bonds is 5.